The van der Waals surface area contributed by atoms with Gasteiger partial charge in [0.1, 0.15) is 6.10 Å². The first kappa shape index (κ1) is 21.6. The first-order valence-electron chi connectivity index (χ1n) is 11.0. The normalized spacial score (nSPS) is 30.6. The van der Waals surface area contributed by atoms with E-state index in [1.165, 1.54) is 20.8 Å². The second-order valence-corrected chi connectivity index (χ2v) is 9.39. The van der Waals surface area contributed by atoms with Crippen molar-refractivity contribution >= 4 is 24.0 Å². The maximum atomic E-state index is 11.8. The Morgan fingerprint density at radius 2 is 1.71 bits per heavy atom. The van der Waals surface area contributed by atoms with Crippen LogP contribution in [-0.2, 0) is 19.1 Å². The summed E-state index contributed by atoms with van der Waals surface area (Å²) in [5.74, 6) is 0.525. The largest absolute Gasteiger partial charge is 0.462 e. The third-order valence-corrected chi connectivity index (χ3v) is 7.49. The van der Waals surface area contributed by atoms with Gasteiger partial charge in [0.15, 0.2) is 11.5 Å². The molecule has 0 heterocycles. The van der Waals surface area contributed by atoms with Crippen LogP contribution in [-0.4, -0.2) is 24.0 Å². The number of hydrogen-bond donors (Lipinski definition) is 0. The van der Waals surface area contributed by atoms with Crippen molar-refractivity contribution < 1.29 is 28.6 Å². The van der Waals surface area contributed by atoms with Crippen molar-refractivity contribution in [2.24, 2.45) is 17.3 Å². The summed E-state index contributed by atoms with van der Waals surface area (Å²) in [6.45, 7) is 8.36. The molecule has 2 fully saturated rings. The Bertz CT molecular complexity index is 977. The van der Waals surface area contributed by atoms with Crippen LogP contribution in [0.4, 0.5) is 0 Å². The monoisotopic (exact) mass is 426 g/mol. The molecule has 0 N–H and O–H groups in total. The van der Waals surface area contributed by atoms with E-state index >= 15 is 0 Å². The van der Waals surface area contributed by atoms with Crippen molar-refractivity contribution in [3.63, 3.8) is 0 Å². The Labute approximate surface area is 182 Å². The highest BCUT2D eigenvalue weighted by Crippen LogP contribution is 2.61. The van der Waals surface area contributed by atoms with Crippen LogP contribution in [0, 0.1) is 24.2 Å². The van der Waals surface area contributed by atoms with Gasteiger partial charge in [-0.2, -0.15) is 0 Å². The second kappa shape index (κ2) is 7.81. The van der Waals surface area contributed by atoms with Gasteiger partial charge < -0.3 is 14.2 Å². The average molecular weight is 427 g/mol. The van der Waals surface area contributed by atoms with Crippen molar-refractivity contribution in [1.82, 2.24) is 0 Å². The van der Waals surface area contributed by atoms with E-state index < -0.39 is 11.9 Å². The van der Waals surface area contributed by atoms with E-state index in [4.69, 9.17) is 14.2 Å². The molecule has 0 bridgehead atoms. The highest BCUT2D eigenvalue weighted by molar-refractivity contribution is 5.77. The number of ether oxygens (including phenoxy) is 3. The van der Waals surface area contributed by atoms with Crippen LogP contribution in [0.25, 0.3) is 6.08 Å². The Hall–Kier alpha value is -2.63. The van der Waals surface area contributed by atoms with Gasteiger partial charge in [-0.1, -0.05) is 19.1 Å². The van der Waals surface area contributed by atoms with Gasteiger partial charge in [0.2, 0.25) is 0 Å². The SMILES string of the molecule is CC(=O)Oc1cc2c(c(C)c1OC(C)=O)[C@H]1CC[C@]3(C)[C@@H](OC(C)=O)CC[C@H]3[C@@H]1C=C2. The van der Waals surface area contributed by atoms with E-state index in [2.05, 4.69) is 19.1 Å². The molecule has 166 valence electrons. The number of allylic oxidation sites excluding steroid dienone is 1. The molecule has 6 nitrogen and oxygen atoms in total. The Morgan fingerprint density at radius 1 is 1.00 bits per heavy atom. The third kappa shape index (κ3) is 3.66. The predicted molar refractivity (Wildman–Crippen MR) is 115 cm³/mol. The molecule has 3 aliphatic carbocycles. The van der Waals surface area contributed by atoms with E-state index in [0.29, 0.717) is 17.6 Å². The smallest absolute Gasteiger partial charge is 0.308 e. The molecule has 0 aromatic heterocycles. The number of benzene rings is 1. The molecule has 1 aromatic rings. The minimum Gasteiger partial charge on any atom is -0.462 e. The lowest BCUT2D eigenvalue weighted by Gasteiger charge is -2.49. The fraction of sp³-hybridized carbons (Fsp3) is 0.560. The minimum absolute atomic E-state index is 0.0288. The molecule has 0 amide bonds. The second-order valence-electron chi connectivity index (χ2n) is 9.39. The van der Waals surface area contributed by atoms with E-state index in [-0.39, 0.29) is 29.2 Å². The number of hydrogen-bond acceptors (Lipinski definition) is 6. The summed E-state index contributed by atoms with van der Waals surface area (Å²) in [4.78, 5) is 35.0. The van der Waals surface area contributed by atoms with E-state index in [0.717, 1.165) is 42.4 Å². The summed E-state index contributed by atoms with van der Waals surface area (Å²) in [5, 5.41) is 0. The van der Waals surface area contributed by atoms with Crippen LogP contribution in [0.5, 0.6) is 11.5 Å². The standard InChI is InChI=1S/C25H30O6/c1-13-23-17(12-21(29-14(2)26)24(13)31-16(4)28)6-7-18-19(23)10-11-25(5)20(18)8-9-22(25)30-15(3)27/h6-7,12,18-20,22H,8-11H2,1-5H3/t18-,19+,20+,22+,25+/m1/s1. The van der Waals surface area contributed by atoms with Crippen molar-refractivity contribution in [1.29, 1.82) is 0 Å². The molecule has 3 aliphatic rings. The highest BCUT2D eigenvalue weighted by Gasteiger charge is 2.55. The lowest BCUT2D eigenvalue weighted by atomic mass is 9.56. The maximum Gasteiger partial charge on any atom is 0.308 e. The summed E-state index contributed by atoms with van der Waals surface area (Å²) in [6.07, 6.45) is 8.18. The third-order valence-electron chi connectivity index (χ3n) is 7.49. The summed E-state index contributed by atoms with van der Waals surface area (Å²) in [6, 6.07) is 1.80. The summed E-state index contributed by atoms with van der Waals surface area (Å²) in [5.41, 5.74) is 2.99. The molecule has 0 radical (unpaired) electrons. The van der Waals surface area contributed by atoms with Crippen molar-refractivity contribution in [2.45, 2.75) is 72.3 Å². The molecule has 0 aliphatic heterocycles. The molecular weight excluding hydrogens is 396 g/mol. The van der Waals surface area contributed by atoms with E-state index in [1.54, 1.807) is 6.07 Å². The fourth-order valence-electron chi connectivity index (χ4n) is 6.30. The zero-order valence-corrected chi connectivity index (χ0v) is 18.8. The number of rotatable bonds is 3. The Kier molecular flexibility index (Phi) is 5.44. The van der Waals surface area contributed by atoms with Gasteiger partial charge in [-0.3, -0.25) is 14.4 Å². The van der Waals surface area contributed by atoms with Crippen LogP contribution in [0.2, 0.25) is 0 Å². The quantitative estimate of drug-likeness (QED) is 0.514. The Morgan fingerprint density at radius 3 is 2.35 bits per heavy atom. The lowest BCUT2D eigenvalue weighted by Crippen LogP contribution is -2.44. The van der Waals surface area contributed by atoms with Crippen molar-refractivity contribution in [3.8, 4) is 11.5 Å². The average Bonchev–Trinajstić information content (AvgIpc) is 2.99. The molecular formula is C25H30O6. The molecule has 1 aromatic carbocycles. The minimum atomic E-state index is -0.457. The summed E-state index contributed by atoms with van der Waals surface area (Å²) < 4.78 is 16.6. The molecule has 2 saturated carbocycles. The summed E-state index contributed by atoms with van der Waals surface area (Å²) >= 11 is 0. The first-order valence-corrected chi connectivity index (χ1v) is 11.0. The van der Waals surface area contributed by atoms with Crippen LogP contribution in [0.15, 0.2) is 12.1 Å². The van der Waals surface area contributed by atoms with Gasteiger partial charge in [-0.15, -0.1) is 0 Å². The van der Waals surface area contributed by atoms with Crippen LogP contribution >= 0.6 is 0 Å². The van der Waals surface area contributed by atoms with E-state index in [1.807, 2.05) is 6.92 Å². The molecule has 6 heteroatoms. The molecule has 0 spiro atoms. The highest BCUT2D eigenvalue weighted by atomic mass is 16.6. The van der Waals surface area contributed by atoms with E-state index in [9.17, 15) is 14.4 Å². The zero-order chi connectivity index (χ0) is 22.5. The van der Waals surface area contributed by atoms with Gasteiger partial charge in [0.25, 0.3) is 0 Å². The predicted octanol–water partition coefficient (Wildman–Crippen LogP) is 4.71. The number of carbonyl (C=O) groups excluding carboxylic acids is 3. The molecule has 4 rings (SSSR count). The van der Waals surface area contributed by atoms with Gasteiger partial charge in [-0.25, -0.2) is 0 Å². The Balaban J connectivity index is 1.74. The van der Waals surface area contributed by atoms with Crippen LogP contribution in [0.1, 0.15) is 76.0 Å². The number of carbonyl (C=O) groups is 3. The molecule has 0 saturated heterocycles. The maximum absolute atomic E-state index is 11.8. The molecule has 0 unspecified atom stereocenters. The topological polar surface area (TPSA) is 78.9 Å². The van der Waals surface area contributed by atoms with Crippen LogP contribution in [0.3, 0.4) is 0 Å². The lowest BCUT2D eigenvalue weighted by molar-refractivity contribution is -0.154. The first-order chi connectivity index (χ1) is 14.6. The summed E-state index contributed by atoms with van der Waals surface area (Å²) in [7, 11) is 0. The van der Waals surface area contributed by atoms with Gasteiger partial charge in [-0.05, 0) is 73.1 Å². The molecule has 5 atom stereocenters. The van der Waals surface area contributed by atoms with Crippen LogP contribution < -0.4 is 9.47 Å². The zero-order valence-electron chi connectivity index (χ0n) is 18.8. The fourth-order valence-corrected chi connectivity index (χ4v) is 6.30. The van der Waals surface area contributed by atoms with Crippen molar-refractivity contribution in [2.75, 3.05) is 0 Å². The van der Waals surface area contributed by atoms with Gasteiger partial charge in [0, 0.05) is 26.2 Å². The molecule has 31 heavy (non-hydrogen) atoms. The number of esters is 3. The van der Waals surface area contributed by atoms with Gasteiger partial charge >= 0.3 is 17.9 Å². The van der Waals surface area contributed by atoms with Gasteiger partial charge in [0.05, 0.1) is 0 Å². The van der Waals surface area contributed by atoms with Crippen molar-refractivity contribution in [3.05, 3.63) is 28.8 Å². The number of fused-ring (bicyclic) bond motifs is 5.